The van der Waals surface area contributed by atoms with E-state index in [1.54, 1.807) is 9.80 Å². The normalized spacial score (nSPS) is 13.7. The molecule has 152 valence electrons. The van der Waals surface area contributed by atoms with Crippen LogP contribution in [-0.4, -0.2) is 49.5 Å². The maximum Gasteiger partial charge on any atom is 0.324 e. The van der Waals surface area contributed by atoms with E-state index in [2.05, 4.69) is 4.74 Å². The lowest BCUT2D eigenvalue weighted by atomic mass is 9.95. The zero-order valence-corrected chi connectivity index (χ0v) is 17.0. The standard InChI is InChI=1S/C22H26N4O3/c1-14-15(2)19(26-13-12-25(22(26)28)11-10-20(27)29-3)9-8-18(14)16-4-6-17(7-5-16)21(23)24/h4-9H,10-13H2,1-3H3,(H3,23,24). The van der Waals surface area contributed by atoms with Crippen LogP contribution in [0.4, 0.5) is 10.5 Å². The molecule has 0 aliphatic carbocycles. The fourth-order valence-corrected chi connectivity index (χ4v) is 3.58. The van der Waals surface area contributed by atoms with Gasteiger partial charge in [0.05, 0.1) is 13.5 Å². The maximum absolute atomic E-state index is 12.8. The molecule has 0 atom stereocenters. The van der Waals surface area contributed by atoms with Crippen molar-refractivity contribution in [1.82, 2.24) is 4.90 Å². The summed E-state index contributed by atoms with van der Waals surface area (Å²) < 4.78 is 4.66. The molecule has 2 aromatic rings. The van der Waals surface area contributed by atoms with E-state index >= 15 is 0 Å². The Hall–Kier alpha value is -3.35. The molecule has 3 N–H and O–H groups in total. The number of methoxy groups -OCH3 is 1. The number of nitrogen functional groups attached to an aromatic ring is 1. The molecule has 0 radical (unpaired) electrons. The van der Waals surface area contributed by atoms with Crippen molar-refractivity contribution in [2.75, 3.05) is 31.6 Å². The second-order valence-electron chi connectivity index (χ2n) is 7.12. The van der Waals surface area contributed by atoms with E-state index in [-0.39, 0.29) is 24.3 Å². The van der Waals surface area contributed by atoms with Gasteiger partial charge < -0.3 is 15.4 Å². The van der Waals surface area contributed by atoms with Gasteiger partial charge in [-0.05, 0) is 42.2 Å². The SMILES string of the molecule is COC(=O)CCN1CCN(c2ccc(-c3ccc(C(=N)N)cc3)c(C)c2C)C1=O. The first-order valence-corrected chi connectivity index (χ1v) is 9.51. The largest absolute Gasteiger partial charge is 0.469 e. The monoisotopic (exact) mass is 394 g/mol. The molecule has 1 aliphatic rings. The number of amidine groups is 1. The molecule has 3 rings (SSSR count). The van der Waals surface area contributed by atoms with Gasteiger partial charge in [-0.15, -0.1) is 0 Å². The Bertz CT molecular complexity index is 953. The summed E-state index contributed by atoms with van der Waals surface area (Å²) in [4.78, 5) is 27.6. The number of rotatable bonds is 6. The minimum atomic E-state index is -0.316. The molecule has 0 saturated carbocycles. The van der Waals surface area contributed by atoms with E-state index in [9.17, 15) is 9.59 Å². The smallest absolute Gasteiger partial charge is 0.324 e. The second kappa shape index (κ2) is 8.34. The number of hydrogen-bond acceptors (Lipinski definition) is 4. The van der Waals surface area contributed by atoms with Crippen LogP contribution in [0.2, 0.25) is 0 Å². The zero-order chi connectivity index (χ0) is 21.1. The number of ether oxygens (including phenoxy) is 1. The fraction of sp³-hybridized carbons (Fsp3) is 0.318. The number of nitrogens with zero attached hydrogens (tertiary/aromatic N) is 2. The highest BCUT2D eigenvalue weighted by molar-refractivity contribution is 5.96. The van der Waals surface area contributed by atoms with Crippen molar-refractivity contribution >= 4 is 23.5 Å². The number of benzene rings is 2. The number of nitrogens with two attached hydrogens (primary N) is 1. The number of amides is 2. The molecule has 29 heavy (non-hydrogen) atoms. The van der Waals surface area contributed by atoms with Crippen LogP contribution in [0.25, 0.3) is 11.1 Å². The Kier molecular flexibility index (Phi) is 5.87. The van der Waals surface area contributed by atoms with Gasteiger partial charge in [-0.3, -0.25) is 15.1 Å². The maximum atomic E-state index is 12.8. The van der Waals surface area contributed by atoms with Crippen LogP contribution in [0, 0.1) is 19.3 Å². The Balaban J connectivity index is 1.82. The molecular weight excluding hydrogens is 368 g/mol. The molecule has 0 unspecified atom stereocenters. The lowest BCUT2D eigenvalue weighted by Crippen LogP contribution is -2.33. The van der Waals surface area contributed by atoms with Crippen molar-refractivity contribution in [3.05, 3.63) is 53.1 Å². The highest BCUT2D eigenvalue weighted by Crippen LogP contribution is 2.33. The van der Waals surface area contributed by atoms with Gasteiger partial charge in [-0.25, -0.2) is 4.79 Å². The fourth-order valence-electron chi connectivity index (χ4n) is 3.58. The first-order valence-electron chi connectivity index (χ1n) is 9.51. The van der Waals surface area contributed by atoms with Gasteiger partial charge in [0.15, 0.2) is 0 Å². The van der Waals surface area contributed by atoms with Gasteiger partial charge in [0.1, 0.15) is 5.84 Å². The number of urea groups is 1. The van der Waals surface area contributed by atoms with E-state index in [4.69, 9.17) is 11.1 Å². The predicted molar refractivity (Wildman–Crippen MR) is 113 cm³/mol. The average Bonchev–Trinajstić information content (AvgIpc) is 3.08. The number of carbonyl (C=O) groups excluding carboxylic acids is 2. The lowest BCUT2D eigenvalue weighted by Gasteiger charge is -2.22. The molecule has 1 fully saturated rings. The van der Waals surface area contributed by atoms with Gasteiger partial charge in [-0.1, -0.05) is 30.3 Å². The minimum Gasteiger partial charge on any atom is -0.469 e. The molecule has 0 spiro atoms. The molecule has 1 aliphatic heterocycles. The topological polar surface area (TPSA) is 99.7 Å². The molecule has 0 bridgehead atoms. The summed E-state index contributed by atoms with van der Waals surface area (Å²) in [5.41, 5.74) is 11.4. The van der Waals surface area contributed by atoms with Crippen LogP contribution in [0.5, 0.6) is 0 Å². The van der Waals surface area contributed by atoms with Crippen LogP contribution < -0.4 is 10.6 Å². The van der Waals surface area contributed by atoms with Crippen molar-refractivity contribution in [3.63, 3.8) is 0 Å². The first kappa shape index (κ1) is 20.4. The van der Waals surface area contributed by atoms with Crippen molar-refractivity contribution in [2.45, 2.75) is 20.3 Å². The van der Waals surface area contributed by atoms with Crippen LogP contribution in [0.15, 0.2) is 36.4 Å². The summed E-state index contributed by atoms with van der Waals surface area (Å²) in [5.74, 6) is -0.271. The molecule has 2 amide bonds. The first-order chi connectivity index (χ1) is 13.8. The summed E-state index contributed by atoms with van der Waals surface area (Å²) >= 11 is 0. The van der Waals surface area contributed by atoms with E-state index in [1.165, 1.54) is 7.11 Å². The van der Waals surface area contributed by atoms with Crippen LogP contribution in [0.3, 0.4) is 0 Å². The average molecular weight is 394 g/mol. The summed E-state index contributed by atoms with van der Waals surface area (Å²) in [6, 6.07) is 11.5. The molecule has 0 aromatic heterocycles. The summed E-state index contributed by atoms with van der Waals surface area (Å²) in [5, 5.41) is 7.52. The van der Waals surface area contributed by atoms with Gasteiger partial charge >= 0.3 is 12.0 Å². The third kappa shape index (κ3) is 4.08. The van der Waals surface area contributed by atoms with Crippen molar-refractivity contribution in [3.8, 4) is 11.1 Å². The molecule has 2 aromatic carbocycles. The third-order valence-electron chi connectivity index (χ3n) is 5.46. The van der Waals surface area contributed by atoms with E-state index in [0.717, 1.165) is 27.9 Å². The van der Waals surface area contributed by atoms with Gasteiger partial charge in [0.2, 0.25) is 0 Å². The van der Waals surface area contributed by atoms with Crippen molar-refractivity contribution in [1.29, 1.82) is 5.41 Å². The molecule has 7 nitrogen and oxygen atoms in total. The zero-order valence-electron chi connectivity index (χ0n) is 17.0. The summed E-state index contributed by atoms with van der Waals surface area (Å²) in [6.07, 6.45) is 0.198. The van der Waals surface area contributed by atoms with E-state index in [0.29, 0.717) is 25.2 Å². The molecule has 1 saturated heterocycles. The summed E-state index contributed by atoms with van der Waals surface area (Å²) in [6.45, 7) is 5.60. The second-order valence-corrected chi connectivity index (χ2v) is 7.12. The number of nitrogens with one attached hydrogen (secondary N) is 1. The third-order valence-corrected chi connectivity index (χ3v) is 5.46. The van der Waals surface area contributed by atoms with Crippen molar-refractivity contribution in [2.24, 2.45) is 5.73 Å². The highest BCUT2D eigenvalue weighted by atomic mass is 16.5. The molecular formula is C22H26N4O3. The van der Waals surface area contributed by atoms with Crippen LogP contribution >= 0.6 is 0 Å². The quantitative estimate of drug-likeness (QED) is 0.447. The highest BCUT2D eigenvalue weighted by Gasteiger charge is 2.31. The molecule has 7 heteroatoms. The number of esters is 1. The van der Waals surface area contributed by atoms with E-state index < -0.39 is 0 Å². The number of carbonyl (C=O) groups is 2. The molecule has 1 heterocycles. The van der Waals surface area contributed by atoms with Crippen molar-refractivity contribution < 1.29 is 14.3 Å². The number of hydrogen-bond donors (Lipinski definition) is 2. The van der Waals surface area contributed by atoms with Crippen LogP contribution in [0.1, 0.15) is 23.1 Å². The van der Waals surface area contributed by atoms with Gasteiger partial charge in [0, 0.05) is 30.9 Å². The lowest BCUT2D eigenvalue weighted by molar-refractivity contribution is -0.140. The Morgan fingerprint density at radius 2 is 1.79 bits per heavy atom. The Morgan fingerprint density at radius 1 is 1.10 bits per heavy atom. The number of anilines is 1. The minimum absolute atomic E-state index is 0.0455. The predicted octanol–water partition coefficient (Wildman–Crippen LogP) is 3.06. The van der Waals surface area contributed by atoms with Gasteiger partial charge in [-0.2, -0.15) is 0 Å². The van der Waals surface area contributed by atoms with E-state index in [1.807, 2.05) is 50.2 Å². The Morgan fingerprint density at radius 3 is 2.41 bits per heavy atom. The Labute approximate surface area is 170 Å². The van der Waals surface area contributed by atoms with Crippen LogP contribution in [-0.2, 0) is 9.53 Å². The summed E-state index contributed by atoms with van der Waals surface area (Å²) in [7, 11) is 1.35. The van der Waals surface area contributed by atoms with Gasteiger partial charge in [0.25, 0.3) is 0 Å².